The molecule has 1 aliphatic rings. The number of nitrogens with zero attached hydrogens (tertiary/aromatic N) is 4. The van der Waals surface area contributed by atoms with Crippen LogP contribution in [-0.4, -0.2) is 53.4 Å². The average Bonchev–Trinajstić information content (AvgIpc) is 2.80. The van der Waals surface area contributed by atoms with E-state index in [-0.39, 0.29) is 17.5 Å². The molecule has 0 atom stereocenters. The highest BCUT2D eigenvalue weighted by molar-refractivity contribution is 6.33. The third-order valence-electron chi connectivity index (χ3n) is 5.03. The number of halogens is 2. The molecule has 1 aliphatic heterocycles. The number of rotatable bonds is 5. The van der Waals surface area contributed by atoms with Crippen molar-refractivity contribution >= 4 is 23.2 Å². The first-order chi connectivity index (χ1) is 15.0. The zero-order valence-corrected chi connectivity index (χ0v) is 17.3. The molecule has 7 nitrogen and oxygen atoms in total. The van der Waals surface area contributed by atoms with Crippen LogP contribution in [0, 0.1) is 5.82 Å². The van der Waals surface area contributed by atoms with Crippen LogP contribution in [0.2, 0.25) is 5.02 Å². The Morgan fingerprint density at radius 1 is 1.06 bits per heavy atom. The van der Waals surface area contributed by atoms with Crippen LogP contribution in [-0.2, 0) is 4.79 Å². The molecular weight excluding hydrogens is 423 g/mol. The number of ether oxygens (including phenoxy) is 1. The summed E-state index contributed by atoms with van der Waals surface area (Å²) in [5, 5.41) is 4.35. The first-order valence-electron chi connectivity index (χ1n) is 9.77. The molecule has 1 aromatic heterocycles. The molecule has 9 heteroatoms. The number of piperazine rings is 1. The van der Waals surface area contributed by atoms with Crippen molar-refractivity contribution < 1.29 is 13.9 Å². The van der Waals surface area contributed by atoms with E-state index in [0.29, 0.717) is 43.3 Å². The number of hydrogen-bond donors (Lipinski definition) is 0. The lowest BCUT2D eigenvalue weighted by Gasteiger charge is -2.36. The minimum Gasteiger partial charge on any atom is -0.484 e. The van der Waals surface area contributed by atoms with Gasteiger partial charge < -0.3 is 14.5 Å². The third kappa shape index (κ3) is 4.69. The standard InChI is InChI=1S/C22H20ClFN4O3/c23-21-19(14-25-28(22(21)30)17-6-2-1-3-7-17)26-9-11-27(12-10-26)20(29)15-31-18-8-4-5-16(24)13-18/h1-8,13-14H,9-12,15H2. The molecule has 0 spiro atoms. The van der Waals surface area contributed by atoms with Crippen LogP contribution in [0.4, 0.5) is 10.1 Å². The molecule has 3 aromatic rings. The van der Waals surface area contributed by atoms with E-state index >= 15 is 0 Å². The lowest BCUT2D eigenvalue weighted by atomic mass is 10.2. The predicted molar refractivity (Wildman–Crippen MR) is 116 cm³/mol. The summed E-state index contributed by atoms with van der Waals surface area (Å²) < 4.78 is 19.9. The topological polar surface area (TPSA) is 67.7 Å². The van der Waals surface area contributed by atoms with Gasteiger partial charge >= 0.3 is 0 Å². The highest BCUT2D eigenvalue weighted by atomic mass is 35.5. The minimum absolute atomic E-state index is 0.0908. The maximum Gasteiger partial charge on any atom is 0.292 e. The molecule has 1 saturated heterocycles. The normalized spacial score (nSPS) is 13.9. The van der Waals surface area contributed by atoms with Crippen LogP contribution in [0.3, 0.4) is 0 Å². The van der Waals surface area contributed by atoms with Crippen molar-refractivity contribution in [3.8, 4) is 11.4 Å². The van der Waals surface area contributed by atoms with Crippen LogP contribution >= 0.6 is 11.6 Å². The molecule has 0 unspecified atom stereocenters. The highest BCUT2D eigenvalue weighted by Gasteiger charge is 2.24. The quantitative estimate of drug-likeness (QED) is 0.608. The summed E-state index contributed by atoms with van der Waals surface area (Å²) in [6, 6.07) is 14.7. The number of carbonyl (C=O) groups is 1. The number of amides is 1. The van der Waals surface area contributed by atoms with Gasteiger partial charge in [0.15, 0.2) is 6.61 Å². The summed E-state index contributed by atoms with van der Waals surface area (Å²) in [6.07, 6.45) is 1.57. The van der Waals surface area contributed by atoms with Crippen LogP contribution in [0.15, 0.2) is 65.6 Å². The molecular formula is C22H20ClFN4O3. The van der Waals surface area contributed by atoms with Gasteiger partial charge in [0.05, 0.1) is 17.6 Å². The van der Waals surface area contributed by atoms with Crippen LogP contribution in [0.1, 0.15) is 0 Å². The number of carbonyl (C=O) groups excluding carboxylic acids is 1. The molecule has 2 heterocycles. The largest absolute Gasteiger partial charge is 0.484 e. The Morgan fingerprint density at radius 2 is 1.81 bits per heavy atom. The Hall–Kier alpha value is -3.39. The van der Waals surface area contributed by atoms with Crippen molar-refractivity contribution in [3.63, 3.8) is 0 Å². The van der Waals surface area contributed by atoms with E-state index in [1.54, 1.807) is 29.3 Å². The third-order valence-corrected chi connectivity index (χ3v) is 5.39. The predicted octanol–water partition coefficient (Wildman–Crippen LogP) is 2.75. The van der Waals surface area contributed by atoms with Gasteiger partial charge in [-0.3, -0.25) is 9.59 Å². The number of anilines is 1. The Kier molecular flexibility index (Phi) is 6.18. The molecule has 31 heavy (non-hydrogen) atoms. The molecule has 160 valence electrons. The second kappa shape index (κ2) is 9.18. The zero-order valence-electron chi connectivity index (χ0n) is 16.6. The summed E-state index contributed by atoms with van der Waals surface area (Å²) in [5.74, 6) is -0.297. The molecule has 1 amide bonds. The first kappa shape index (κ1) is 20.9. The number of para-hydroxylation sites is 1. The van der Waals surface area contributed by atoms with E-state index in [2.05, 4.69) is 5.10 Å². The van der Waals surface area contributed by atoms with E-state index in [9.17, 15) is 14.0 Å². The Morgan fingerprint density at radius 3 is 2.52 bits per heavy atom. The minimum atomic E-state index is -0.418. The van der Waals surface area contributed by atoms with E-state index in [4.69, 9.17) is 16.3 Å². The molecule has 0 saturated carbocycles. The first-order valence-corrected chi connectivity index (χ1v) is 10.1. The summed E-state index contributed by atoms with van der Waals surface area (Å²) in [7, 11) is 0. The monoisotopic (exact) mass is 442 g/mol. The molecule has 4 rings (SSSR count). The SMILES string of the molecule is O=C(COc1cccc(F)c1)N1CCN(c2cnn(-c3ccccc3)c(=O)c2Cl)CC1. The van der Waals surface area contributed by atoms with Gasteiger partial charge in [-0.1, -0.05) is 35.9 Å². The Labute approximate surface area is 183 Å². The summed E-state index contributed by atoms with van der Waals surface area (Å²) >= 11 is 6.36. The van der Waals surface area contributed by atoms with Gasteiger partial charge in [0.1, 0.15) is 16.6 Å². The lowest BCUT2D eigenvalue weighted by molar-refractivity contribution is -0.133. The molecule has 2 aromatic carbocycles. The van der Waals surface area contributed by atoms with Gasteiger partial charge in [-0.25, -0.2) is 4.39 Å². The number of benzene rings is 2. The van der Waals surface area contributed by atoms with Crippen molar-refractivity contribution in [2.45, 2.75) is 0 Å². The van der Waals surface area contributed by atoms with E-state index in [1.165, 1.54) is 22.9 Å². The number of hydrogen-bond acceptors (Lipinski definition) is 5. The molecule has 0 bridgehead atoms. The van der Waals surface area contributed by atoms with Crippen molar-refractivity contribution in [1.29, 1.82) is 0 Å². The molecule has 0 N–H and O–H groups in total. The fourth-order valence-corrected chi connectivity index (χ4v) is 3.64. The summed E-state index contributed by atoms with van der Waals surface area (Å²) in [4.78, 5) is 28.7. The van der Waals surface area contributed by atoms with Crippen molar-refractivity contribution in [1.82, 2.24) is 14.7 Å². The van der Waals surface area contributed by atoms with Crippen molar-refractivity contribution in [2.24, 2.45) is 0 Å². The van der Waals surface area contributed by atoms with E-state index < -0.39 is 11.4 Å². The maximum absolute atomic E-state index is 13.2. The van der Waals surface area contributed by atoms with Gasteiger partial charge in [-0.05, 0) is 24.3 Å². The van der Waals surface area contributed by atoms with E-state index in [0.717, 1.165) is 0 Å². The number of aromatic nitrogens is 2. The summed E-state index contributed by atoms with van der Waals surface area (Å²) in [6.45, 7) is 1.73. The Balaban J connectivity index is 1.38. The van der Waals surface area contributed by atoms with Gasteiger partial charge in [0.2, 0.25) is 0 Å². The van der Waals surface area contributed by atoms with Gasteiger partial charge in [-0.15, -0.1) is 0 Å². The van der Waals surface area contributed by atoms with Crippen molar-refractivity contribution in [3.05, 3.63) is 82.0 Å². The van der Waals surface area contributed by atoms with Gasteiger partial charge in [0.25, 0.3) is 11.5 Å². The zero-order chi connectivity index (χ0) is 21.8. The molecule has 0 aliphatic carbocycles. The average molecular weight is 443 g/mol. The van der Waals surface area contributed by atoms with E-state index in [1.807, 2.05) is 23.1 Å². The molecule has 0 radical (unpaired) electrons. The van der Waals surface area contributed by atoms with Gasteiger partial charge in [0, 0.05) is 32.2 Å². The second-order valence-electron chi connectivity index (χ2n) is 7.01. The van der Waals surface area contributed by atoms with Crippen molar-refractivity contribution in [2.75, 3.05) is 37.7 Å². The molecule has 1 fully saturated rings. The lowest BCUT2D eigenvalue weighted by Crippen LogP contribution is -2.50. The second-order valence-corrected chi connectivity index (χ2v) is 7.39. The fourth-order valence-electron chi connectivity index (χ4n) is 3.39. The smallest absolute Gasteiger partial charge is 0.292 e. The fraction of sp³-hybridized carbons (Fsp3) is 0.227. The van der Waals surface area contributed by atoms with Crippen LogP contribution in [0.5, 0.6) is 5.75 Å². The highest BCUT2D eigenvalue weighted by Crippen LogP contribution is 2.23. The Bertz CT molecular complexity index is 1130. The summed E-state index contributed by atoms with van der Waals surface area (Å²) in [5.41, 5.74) is 0.781. The van der Waals surface area contributed by atoms with Crippen LogP contribution in [0.25, 0.3) is 5.69 Å². The van der Waals surface area contributed by atoms with Gasteiger partial charge in [-0.2, -0.15) is 9.78 Å². The van der Waals surface area contributed by atoms with Crippen LogP contribution < -0.4 is 15.2 Å². The maximum atomic E-state index is 13.2.